The molecule has 0 spiro atoms. The normalized spacial score (nSPS) is 23.7. The molecule has 1 saturated heterocycles. The van der Waals surface area contributed by atoms with Gasteiger partial charge in [0, 0.05) is 25.8 Å². The average Bonchev–Trinajstić information content (AvgIpc) is 2.67. The van der Waals surface area contributed by atoms with Crippen molar-refractivity contribution in [2.75, 3.05) is 47.7 Å². The molecule has 1 heterocycles. The molecule has 0 aromatic rings. The zero-order valence-corrected chi connectivity index (χ0v) is 20.2. The van der Waals surface area contributed by atoms with Crippen LogP contribution in [-0.2, 0) is 19.2 Å². The smallest absolute Gasteiger partial charge is 0.229 e. The van der Waals surface area contributed by atoms with Crippen molar-refractivity contribution in [1.82, 2.24) is 16.0 Å². The minimum absolute atomic E-state index is 0.00608. The van der Waals surface area contributed by atoms with Gasteiger partial charge in [0.05, 0.1) is 23.3 Å². The highest BCUT2D eigenvalue weighted by Gasteiger charge is 2.31. The van der Waals surface area contributed by atoms with Crippen LogP contribution in [0.3, 0.4) is 0 Å². The van der Waals surface area contributed by atoms with Crippen LogP contribution in [0.25, 0.3) is 0 Å². The Hall–Kier alpha value is -1.07. The quantitative estimate of drug-likeness (QED) is 0.326. The van der Waals surface area contributed by atoms with Crippen molar-refractivity contribution in [3.63, 3.8) is 0 Å². The third kappa shape index (κ3) is 11.9. The van der Waals surface area contributed by atoms with Crippen molar-refractivity contribution in [1.29, 1.82) is 0 Å². The maximum Gasteiger partial charge on any atom is 0.229 e. The lowest BCUT2D eigenvalue weighted by atomic mass is 9.85. The molecule has 0 aliphatic carbocycles. The molecule has 0 aromatic heterocycles. The van der Waals surface area contributed by atoms with Gasteiger partial charge in [-0.05, 0) is 36.2 Å². The summed E-state index contributed by atoms with van der Waals surface area (Å²) in [6.07, 6.45) is 1.65. The summed E-state index contributed by atoms with van der Waals surface area (Å²) in [5, 5.41) is 8.50. The first-order valence-electron chi connectivity index (χ1n) is 10.1. The number of nitrogens with one attached hydrogen (secondary N) is 3. The van der Waals surface area contributed by atoms with E-state index >= 15 is 0 Å². The number of rotatable bonds is 6. The van der Waals surface area contributed by atoms with E-state index in [1.165, 1.54) is 30.4 Å². The van der Waals surface area contributed by atoms with Crippen LogP contribution in [-0.4, -0.2) is 71.4 Å². The van der Waals surface area contributed by atoms with Crippen LogP contribution in [0.15, 0.2) is 0 Å². The molecule has 11 heteroatoms. The summed E-state index contributed by atoms with van der Waals surface area (Å²) in [6, 6.07) is 0. The highest BCUT2D eigenvalue weighted by Crippen LogP contribution is 2.30. The summed E-state index contributed by atoms with van der Waals surface area (Å²) < 4.78 is 0. The Morgan fingerprint density at radius 1 is 1.13 bits per heavy atom. The van der Waals surface area contributed by atoms with Crippen LogP contribution >= 0.6 is 35.3 Å². The largest absolute Gasteiger partial charge is 0.369 e. The van der Waals surface area contributed by atoms with E-state index in [9.17, 15) is 19.2 Å². The lowest BCUT2D eigenvalue weighted by molar-refractivity contribution is -0.123. The number of primary amides is 1. The van der Waals surface area contributed by atoms with Gasteiger partial charge in [0.2, 0.25) is 23.6 Å². The van der Waals surface area contributed by atoms with Gasteiger partial charge < -0.3 is 21.7 Å². The first kappa shape index (κ1) is 27.0. The van der Waals surface area contributed by atoms with Crippen LogP contribution in [0, 0.1) is 17.8 Å². The Labute approximate surface area is 191 Å². The molecule has 0 saturated carbocycles. The third-order valence-corrected chi connectivity index (χ3v) is 8.00. The fourth-order valence-electron chi connectivity index (χ4n) is 2.99. The third-order valence-electron chi connectivity index (χ3n) is 4.74. The van der Waals surface area contributed by atoms with Gasteiger partial charge in [-0.25, -0.2) is 0 Å². The van der Waals surface area contributed by atoms with Gasteiger partial charge in [-0.2, -0.15) is 23.5 Å². The Morgan fingerprint density at radius 3 is 2.23 bits per heavy atom. The Bertz CT molecular complexity index is 580. The first-order valence-corrected chi connectivity index (χ1v) is 13.6. The molecule has 172 valence electrons. The summed E-state index contributed by atoms with van der Waals surface area (Å²) in [5.74, 6) is 2.27. The molecule has 3 unspecified atom stereocenters. The minimum Gasteiger partial charge on any atom is -0.369 e. The molecular weight excluding hydrogens is 444 g/mol. The van der Waals surface area contributed by atoms with Crippen LogP contribution in [0.4, 0.5) is 0 Å². The van der Waals surface area contributed by atoms with Gasteiger partial charge in [0.25, 0.3) is 0 Å². The lowest BCUT2D eigenvalue weighted by Gasteiger charge is -2.30. The lowest BCUT2D eigenvalue weighted by Crippen LogP contribution is -2.38. The first-order chi connectivity index (χ1) is 14.3. The van der Waals surface area contributed by atoms with Crippen molar-refractivity contribution in [3.8, 4) is 0 Å². The van der Waals surface area contributed by atoms with E-state index in [1.807, 2.05) is 0 Å². The molecular formula is C19H34N4O4S3. The monoisotopic (exact) mass is 478 g/mol. The number of thioether (sulfide) groups is 3. The predicted octanol–water partition coefficient (Wildman–Crippen LogP) is 0.660. The number of hydrogen-bond donors (Lipinski definition) is 4. The molecule has 0 aromatic carbocycles. The second-order valence-corrected chi connectivity index (χ2v) is 10.4. The summed E-state index contributed by atoms with van der Waals surface area (Å²) in [7, 11) is 0. The van der Waals surface area contributed by atoms with E-state index < -0.39 is 0 Å². The molecule has 3 atom stereocenters. The number of nitrogens with two attached hydrogens (primary N) is 1. The van der Waals surface area contributed by atoms with E-state index in [-0.39, 0.29) is 41.4 Å². The fourth-order valence-corrected chi connectivity index (χ4v) is 6.34. The van der Waals surface area contributed by atoms with Gasteiger partial charge in [-0.3, -0.25) is 19.2 Å². The van der Waals surface area contributed by atoms with Crippen molar-refractivity contribution < 1.29 is 19.2 Å². The summed E-state index contributed by atoms with van der Waals surface area (Å²) in [6.45, 7) is 4.71. The SMILES string of the molecule is CC(=O)NCSCC(C(N)=O)C1CSCC(=O)NCCCCNC(=O)CSCC1C. The van der Waals surface area contributed by atoms with Crippen molar-refractivity contribution >= 4 is 58.9 Å². The van der Waals surface area contributed by atoms with E-state index in [0.29, 0.717) is 42.0 Å². The van der Waals surface area contributed by atoms with Gasteiger partial charge in [0.1, 0.15) is 0 Å². The molecule has 0 radical (unpaired) electrons. The van der Waals surface area contributed by atoms with E-state index in [2.05, 4.69) is 22.9 Å². The van der Waals surface area contributed by atoms with E-state index in [4.69, 9.17) is 5.73 Å². The summed E-state index contributed by atoms with van der Waals surface area (Å²) >= 11 is 4.53. The summed E-state index contributed by atoms with van der Waals surface area (Å²) in [5.41, 5.74) is 5.72. The van der Waals surface area contributed by atoms with Crippen LogP contribution in [0.5, 0.6) is 0 Å². The molecule has 0 bridgehead atoms. The highest BCUT2D eigenvalue weighted by atomic mass is 32.2. The molecule has 4 amide bonds. The van der Waals surface area contributed by atoms with Crippen molar-refractivity contribution in [3.05, 3.63) is 0 Å². The zero-order valence-electron chi connectivity index (χ0n) is 17.7. The number of hydrogen-bond acceptors (Lipinski definition) is 7. The molecule has 1 aliphatic rings. The predicted molar refractivity (Wildman–Crippen MR) is 126 cm³/mol. The molecule has 1 rings (SSSR count). The zero-order chi connectivity index (χ0) is 22.4. The van der Waals surface area contributed by atoms with Crippen LogP contribution in [0.1, 0.15) is 26.7 Å². The Kier molecular flexibility index (Phi) is 14.1. The average molecular weight is 479 g/mol. The van der Waals surface area contributed by atoms with Gasteiger partial charge >= 0.3 is 0 Å². The number of amides is 4. The molecule has 30 heavy (non-hydrogen) atoms. The van der Waals surface area contributed by atoms with Gasteiger partial charge in [-0.1, -0.05) is 6.92 Å². The maximum atomic E-state index is 12.2. The van der Waals surface area contributed by atoms with E-state index in [0.717, 1.165) is 18.6 Å². The fraction of sp³-hybridized carbons (Fsp3) is 0.789. The van der Waals surface area contributed by atoms with Gasteiger partial charge in [-0.15, -0.1) is 11.8 Å². The van der Waals surface area contributed by atoms with Crippen LogP contribution < -0.4 is 21.7 Å². The standard InChI is InChI=1S/C19H34N4O4S3/c1-13-7-28-10-17(25)21-5-3-4-6-22-18(26)11-29-8-15(13)16(19(20)27)9-30-12-23-14(2)24/h13,15-16H,3-12H2,1-2H3,(H2,20,27)(H,21,25)(H,22,26)(H,23,24). The summed E-state index contributed by atoms with van der Waals surface area (Å²) in [4.78, 5) is 47.3. The second-order valence-electron chi connectivity index (χ2n) is 7.34. The van der Waals surface area contributed by atoms with Crippen molar-refractivity contribution in [2.45, 2.75) is 26.7 Å². The van der Waals surface area contributed by atoms with Gasteiger partial charge in [0.15, 0.2) is 0 Å². The number of carbonyl (C=O) groups excluding carboxylic acids is 4. The van der Waals surface area contributed by atoms with Crippen molar-refractivity contribution in [2.24, 2.45) is 23.5 Å². The molecule has 5 N–H and O–H groups in total. The second kappa shape index (κ2) is 15.7. The number of carbonyl (C=O) groups is 4. The molecule has 1 fully saturated rings. The van der Waals surface area contributed by atoms with Crippen LogP contribution in [0.2, 0.25) is 0 Å². The topological polar surface area (TPSA) is 130 Å². The Morgan fingerprint density at radius 2 is 1.70 bits per heavy atom. The van der Waals surface area contributed by atoms with E-state index in [1.54, 1.807) is 11.8 Å². The Balaban J connectivity index is 2.78. The molecule has 8 nitrogen and oxygen atoms in total. The maximum absolute atomic E-state index is 12.2. The highest BCUT2D eigenvalue weighted by molar-refractivity contribution is 8.00. The molecule has 1 aliphatic heterocycles. The minimum atomic E-state index is -0.373.